The highest BCUT2D eigenvalue weighted by molar-refractivity contribution is 6.39. The lowest BCUT2D eigenvalue weighted by molar-refractivity contribution is -0.402. The van der Waals surface area contributed by atoms with E-state index >= 15 is 0 Å². The first kappa shape index (κ1) is 13.4. The quantitative estimate of drug-likeness (QED) is 0.527. The van der Waals surface area contributed by atoms with Crippen LogP contribution in [-0.4, -0.2) is 11.1 Å². The summed E-state index contributed by atoms with van der Waals surface area (Å²) in [6.45, 7) is 0. The second-order valence-corrected chi connectivity index (χ2v) is 4.21. The molecule has 0 radical (unpaired) electrons. The Kier molecular flexibility index (Phi) is 4.03. The van der Waals surface area contributed by atoms with Crippen molar-refractivity contribution in [2.24, 2.45) is 5.10 Å². The summed E-state index contributed by atoms with van der Waals surface area (Å²) in [6, 6.07) is 7.68. The maximum atomic E-state index is 10.4. The molecule has 0 saturated heterocycles. The lowest BCUT2D eigenvalue weighted by Gasteiger charge is -2.04. The van der Waals surface area contributed by atoms with Gasteiger partial charge in [-0.1, -0.05) is 29.3 Å². The van der Waals surface area contributed by atoms with Crippen molar-refractivity contribution in [3.63, 3.8) is 0 Å². The zero-order valence-electron chi connectivity index (χ0n) is 9.34. The van der Waals surface area contributed by atoms with Crippen molar-refractivity contribution in [3.05, 3.63) is 56.3 Å². The van der Waals surface area contributed by atoms with Crippen LogP contribution in [0.15, 0.2) is 39.9 Å². The van der Waals surface area contributed by atoms with E-state index in [1.165, 1.54) is 18.3 Å². The van der Waals surface area contributed by atoms with Crippen molar-refractivity contribution in [3.8, 4) is 0 Å². The highest BCUT2D eigenvalue weighted by Crippen LogP contribution is 2.29. The molecule has 1 aromatic heterocycles. The van der Waals surface area contributed by atoms with Gasteiger partial charge >= 0.3 is 5.88 Å². The summed E-state index contributed by atoms with van der Waals surface area (Å²) in [4.78, 5) is 9.79. The lowest BCUT2D eigenvalue weighted by Crippen LogP contribution is -1.91. The van der Waals surface area contributed by atoms with Gasteiger partial charge in [-0.2, -0.15) is 5.10 Å². The predicted molar refractivity (Wildman–Crippen MR) is 73.0 cm³/mol. The Labute approximate surface area is 117 Å². The monoisotopic (exact) mass is 299 g/mol. The average molecular weight is 300 g/mol. The standard InChI is InChI=1S/C11H7Cl2N3O3/c12-8-2-1-3-9(13)11(8)15-14-6-7-4-5-10(19-7)16(17)18/h1-6,15H. The van der Waals surface area contributed by atoms with Crippen molar-refractivity contribution >= 4 is 41.0 Å². The Morgan fingerprint density at radius 2 is 1.95 bits per heavy atom. The van der Waals surface area contributed by atoms with E-state index in [4.69, 9.17) is 27.6 Å². The molecule has 0 aliphatic heterocycles. The van der Waals surface area contributed by atoms with Gasteiger partial charge in [0.2, 0.25) is 0 Å². The summed E-state index contributed by atoms with van der Waals surface area (Å²) in [7, 11) is 0. The normalized spacial score (nSPS) is 10.8. The number of hydrogen-bond acceptors (Lipinski definition) is 5. The summed E-state index contributed by atoms with van der Waals surface area (Å²) in [6.07, 6.45) is 1.28. The highest BCUT2D eigenvalue weighted by atomic mass is 35.5. The molecular weight excluding hydrogens is 293 g/mol. The number of nitrogens with one attached hydrogen (secondary N) is 1. The Morgan fingerprint density at radius 1 is 1.26 bits per heavy atom. The second-order valence-electron chi connectivity index (χ2n) is 3.40. The summed E-state index contributed by atoms with van der Waals surface area (Å²) in [5, 5.41) is 15.1. The molecule has 0 bridgehead atoms. The summed E-state index contributed by atoms with van der Waals surface area (Å²) >= 11 is 11.8. The van der Waals surface area contributed by atoms with E-state index in [2.05, 4.69) is 10.5 Å². The first-order valence-corrected chi connectivity index (χ1v) is 5.81. The topological polar surface area (TPSA) is 80.7 Å². The number of nitrogens with zero attached hydrogens (tertiary/aromatic N) is 2. The molecule has 0 fully saturated rings. The van der Waals surface area contributed by atoms with Crippen LogP contribution in [0.2, 0.25) is 10.0 Å². The van der Waals surface area contributed by atoms with Crippen LogP contribution in [0.1, 0.15) is 5.76 Å². The fourth-order valence-corrected chi connectivity index (χ4v) is 1.76. The number of nitro groups is 1. The third-order valence-electron chi connectivity index (χ3n) is 2.12. The zero-order chi connectivity index (χ0) is 13.8. The number of benzene rings is 1. The maximum Gasteiger partial charge on any atom is 0.433 e. The number of anilines is 1. The van der Waals surface area contributed by atoms with Gasteiger partial charge in [0.1, 0.15) is 4.92 Å². The zero-order valence-corrected chi connectivity index (χ0v) is 10.9. The number of halogens is 2. The van der Waals surface area contributed by atoms with Gasteiger partial charge < -0.3 is 4.42 Å². The SMILES string of the molecule is O=[N+]([O-])c1ccc(C=NNc2c(Cl)cccc2Cl)o1. The van der Waals surface area contributed by atoms with Gasteiger partial charge in [-0.25, -0.2) is 0 Å². The molecule has 2 aromatic rings. The van der Waals surface area contributed by atoms with Crippen LogP contribution in [-0.2, 0) is 0 Å². The van der Waals surface area contributed by atoms with E-state index in [-0.39, 0.29) is 11.6 Å². The molecule has 0 spiro atoms. The summed E-state index contributed by atoms with van der Waals surface area (Å²) in [5.41, 5.74) is 3.09. The van der Waals surface area contributed by atoms with E-state index in [0.717, 1.165) is 0 Å². The van der Waals surface area contributed by atoms with E-state index in [1.54, 1.807) is 18.2 Å². The molecule has 1 N–H and O–H groups in total. The minimum absolute atomic E-state index is 0.238. The molecule has 19 heavy (non-hydrogen) atoms. The molecule has 0 saturated carbocycles. The number of hydrogen-bond donors (Lipinski definition) is 1. The molecule has 6 nitrogen and oxygen atoms in total. The molecule has 0 atom stereocenters. The minimum atomic E-state index is -0.629. The number of furan rings is 1. The lowest BCUT2D eigenvalue weighted by atomic mass is 10.3. The van der Waals surface area contributed by atoms with E-state index in [0.29, 0.717) is 15.7 Å². The summed E-state index contributed by atoms with van der Waals surface area (Å²) < 4.78 is 4.89. The largest absolute Gasteiger partial charge is 0.433 e. The minimum Gasteiger partial charge on any atom is -0.400 e. The van der Waals surface area contributed by atoms with Gasteiger partial charge in [-0.05, 0) is 18.2 Å². The molecule has 0 amide bonds. The average Bonchev–Trinajstić information content (AvgIpc) is 2.82. The Balaban J connectivity index is 2.09. The first-order valence-electron chi connectivity index (χ1n) is 5.05. The highest BCUT2D eigenvalue weighted by Gasteiger charge is 2.10. The van der Waals surface area contributed by atoms with Gasteiger partial charge in [0.05, 0.1) is 28.0 Å². The Morgan fingerprint density at radius 3 is 2.53 bits per heavy atom. The van der Waals surface area contributed by atoms with Crippen LogP contribution in [0.4, 0.5) is 11.6 Å². The van der Waals surface area contributed by atoms with Crippen LogP contribution in [0.25, 0.3) is 0 Å². The van der Waals surface area contributed by atoms with E-state index in [9.17, 15) is 10.1 Å². The van der Waals surface area contributed by atoms with Gasteiger partial charge in [0, 0.05) is 0 Å². The number of rotatable bonds is 4. The smallest absolute Gasteiger partial charge is 0.400 e. The van der Waals surface area contributed by atoms with Gasteiger partial charge in [0.25, 0.3) is 0 Å². The fourth-order valence-electron chi connectivity index (χ4n) is 1.27. The van der Waals surface area contributed by atoms with Crippen molar-refractivity contribution in [2.75, 3.05) is 5.43 Å². The molecule has 0 unspecified atom stereocenters. The van der Waals surface area contributed by atoms with Crippen LogP contribution in [0.3, 0.4) is 0 Å². The van der Waals surface area contributed by atoms with E-state index < -0.39 is 4.92 Å². The second kappa shape index (κ2) is 5.73. The van der Waals surface area contributed by atoms with Gasteiger partial charge in [-0.3, -0.25) is 15.5 Å². The summed E-state index contributed by atoms with van der Waals surface area (Å²) in [5.74, 6) is -0.111. The van der Waals surface area contributed by atoms with Gasteiger partial charge in [0.15, 0.2) is 5.76 Å². The van der Waals surface area contributed by atoms with Crippen LogP contribution in [0.5, 0.6) is 0 Å². The Bertz CT molecular complexity index is 620. The molecular formula is C11H7Cl2N3O3. The third kappa shape index (κ3) is 3.24. The molecule has 1 aromatic carbocycles. The molecule has 8 heteroatoms. The third-order valence-corrected chi connectivity index (χ3v) is 2.75. The van der Waals surface area contributed by atoms with Crippen molar-refractivity contribution in [1.29, 1.82) is 0 Å². The maximum absolute atomic E-state index is 10.4. The van der Waals surface area contributed by atoms with Crippen LogP contribution < -0.4 is 5.43 Å². The van der Waals surface area contributed by atoms with Crippen LogP contribution >= 0.6 is 23.2 Å². The first-order chi connectivity index (χ1) is 9.08. The van der Waals surface area contributed by atoms with E-state index in [1.807, 2.05) is 0 Å². The molecule has 98 valence electrons. The van der Waals surface area contributed by atoms with Gasteiger partial charge in [-0.15, -0.1) is 0 Å². The molecule has 1 heterocycles. The van der Waals surface area contributed by atoms with Crippen molar-refractivity contribution in [1.82, 2.24) is 0 Å². The predicted octanol–water partition coefficient (Wildman–Crippen LogP) is 3.94. The van der Waals surface area contributed by atoms with Crippen molar-refractivity contribution in [2.45, 2.75) is 0 Å². The molecule has 0 aliphatic carbocycles. The van der Waals surface area contributed by atoms with Crippen LogP contribution in [0, 0.1) is 10.1 Å². The fraction of sp³-hybridized carbons (Fsp3) is 0. The van der Waals surface area contributed by atoms with Crippen molar-refractivity contribution < 1.29 is 9.34 Å². The number of hydrazone groups is 1. The number of para-hydroxylation sites is 1. The molecule has 0 aliphatic rings. The molecule has 2 rings (SSSR count). The Hall–Kier alpha value is -2.05.